The van der Waals surface area contributed by atoms with Gasteiger partial charge < -0.3 is 24.7 Å². The fourth-order valence-electron chi connectivity index (χ4n) is 5.14. The largest absolute Gasteiger partial charge is 0.493 e. The zero-order chi connectivity index (χ0) is 24.4. The van der Waals surface area contributed by atoms with E-state index in [0.29, 0.717) is 18.0 Å². The molecule has 5 rings (SSSR count). The van der Waals surface area contributed by atoms with Crippen LogP contribution in [0.5, 0.6) is 11.5 Å². The number of nitrogens with zero attached hydrogens (tertiary/aromatic N) is 1. The second kappa shape index (κ2) is 9.84. The number of hydrogen-bond donors (Lipinski definition) is 2. The van der Waals surface area contributed by atoms with Crippen molar-refractivity contribution in [1.29, 1.82) is 0 Å². The molecule has 3 aromatic carbocycles. The Kier molecular flexibility index (Phi) is 6.47. The van der Waals surface area contributed by atoms with E-state index in [1.807, 2.05) is 54.3 Å². The van der Waals surface area contributed by atoms with Crippen LogP contribution in [0.2, 0.25) is 0 Å². The van der Waals surface area contributed by atoms with Crippen LogP contribution in [-0.2, 0) is 11.2 Å². The molecule has 0 bridgehead atoms. The first-order valence-corrected chi connectivity index (χ1v) is 12.0. The highest BCUT2D eigenvalue weighted by Gasteiger charge is 2.29. The van der Waals surface area contributed by atoms with Gasteiger partial charge in [0, 0.05) is 47.4 Å². The van der Waals surface area contributed by atoms with E-state index < -0.39 is 0 Å². The molecular formula is C29H31N3O3. The van der Waals surface area contributed by atoms with Crippen LogP contribution in [0.1, 0.15) is 29.5 Å². The van der Waals surface area contributed by atoms with Crippen molar-refractivity contribution in [2.45, 2.75) is 25.3 Å². The number of amides is 1. The molecule has 2 atom stereocenters. The highest BCUT2D eigenvalue weighted by atomic mass is 16.5. The van der Waals surface area contributed by atoms with Gasteiger partial charge in [0.1, 0.15) is 0 Å². The van der Waals surface area contributed by atoms with E-state index in [2.05, 4.69) is 40.8 Å². The summed E-state index contributed by atoms with van der Waals surface area (Å²) in [5.74, 6) is 1.43. The maximum Gasteiger partial charge on any atom is 0.243 e. The standard InChI is InChI=1S/C29H31N3O3/c1-19(29(33)32-16-15-20-9-4-7-13-26(20)32)30-17-24(22-11-8-14-27(34-2)28(22)35-3)23-18-31-25-12-6-5-10-21(23)25/h4-14,18-19,24,30-31H,15-17H2,1-3H3/t19-,24+/m1/s1. The third-order valence-corrected chi connectivity index (χ3v) is 6.96. The first-order chi connectivity index (χ1) is 17.1. The number of nitrogens with one attached hydrogen (secondary N) is 2. The second-order valence-electron chi connectivity index (χ2n) is 8.92. The summed E-state index contributed by atoms with van der Waals surface area (Å²) >= 11 is 0. The predicted octanol–water partition coefficient (Wildman–Crippen LogP) is 4.88. The molecule has 0 saturated heterocycles. The van der Waals surface area contributed by atoms with Crippen molar-refractivity contribution >= 4 is 22.5 Å². The fraction of sp³-hybridized carbons (Fsp3) is 0.276. The van der Waals surface area contributed by atoms with E-state index in [0.717, 1.165) is 40.7 Å². The number of anilines is 1. The maximum atomic E-state index is 13.4. The van der Waals surface area contributed by atoms with E-state index in [-0.39, 0.29) is 17.9 Å². The number of hydrogen-bond acceptors (Lipinski definition) is 4. The number of H-pyrrole nitrogens is 1. The Morgan fingerprint density at radius 2 is 1.80 bits per heavy atom. The van der Waals surface area contributed by atoms with Crippen LogP contribution in [0.4, 0.5) is 5.69 Å². The normalized spacial score (nSPS) is 14.5. The van der Waals surface area contributed by atoms with Gasteiger partial charge in [0.05, 0.1) is 20.3 Å². The van der Waals surface area contributed by atoms with Gasteiger partial charge in [-0.1, -0.05) is 48.5 Å². The molecule has 0 spiro atoms. The summed E-state index contributed by atoms with van der Waals surface area (Å²) in [7, 11) is 3.31. The molecule has 2 N–H and O–H groups in total. The minimum atomic E-state index is -0.342. The minimum absolute atomic E-state index is 0.0580. The van der Waals surface area contributed by atoms with E-state index in [1.54, 1.807) is 14.2 Å². The maximum absolute atomic E-state index is 13.4. The molecule has 180 valence electrons. The molecule has 0 aliphatic carbocycles. The highest BCUT2D eigenvalue weighted by molar-refractivity contribution is 5.98. The van der Waals surface area contributed by atoms with Gasteiger partial charge in [-0.05, 0) is 42.7 Å². The molecule has 0 saturated carbocycles. The first kappa shape index (κ1) is 23.0. The Morgan fingerprint density at radius 3 is 2.63 bits per heavy atom. The topological polar surface area (TPSA) is 66.6 Å². The van der Waals surface area contributed by atoms with Gasteiger partial charge in [-0.3, -0.25) is 4.79 Å². The number of benzene rings is 3. The molecular weight excluding hydrogens is 438 g/mol. The number of aromatic amines is 1. The van der Waals surface area contributed by atoms with Gasteiger partial charge in [0.25, 0.3) is 0 Å². The Morgan fingerprint density at radius 1 is 1.00 bits per heavy atom. The molecule has 0 radical (unpaired) electrons. The van der Waals surface area contributed by atoms with Crippen molar-refractivity contribution in [3.8, 4) is 11.5 Å². The van der Waals surface area contributed by atoms with Crippen LogP contribution in [-0.4, -0.2) is 44.2 Å². The van der Waals surface area contributed by atoms with Crippen LogP contribution in [0.3, 0.4) is 0 Å². The van der Waals surface area contributed by atoms with E-state index in [1.165, 1.54) is 5.56 Å². The van der Waals surface area contributed by atoms with Crippen molar-refractivity contribution in [1.82, 2.24) is 10.3 Å². The number of fused-ring (bicyclic) bond motifs is 2. The number of methoxy groups -OCH3 is 2. The van der Waals surface area contributed by atoms with E-state index in [9.17, 15) is 4.79 Å². The zero-order valence-corrected chi connectivity index (χ0v) is 20.4. The minimum Gasteiger partial charge on any atom is -0.493 e. The smallest absolute Gasteiger partial charge is 0.243 e. The Hall–Kier alpha value is -3.77. The Labute approximate surface area is 205 Å². The average Bonchev–Trinajstić information content (AvgIpc) is 3.53. The van der Waals surface area contributed by atoms with Gasteiger partial charge in [0.2, 0.25) is 5.91 Å². The molecule has 0 fully saturated rings. The molecule has 6 heteroatoms. The molecule has 1 aromatic heterocycles. The lowest BCUT2D eigenvalue weighted by atomic mass is 9.89. The van der Waals surface area contributed by atoms with Crippen molar-refractivity contribution in [2.24, 2.45) is 0 Å². The summed E-state index contributed by atoms with van der Waals surface area (Å²) in [5.41, 5.74) is 5.48. The van der Waals surface area contributed by atoms with Gasteiger partial charge in [-0.25, -0.2) is 0 Å². The Bertz CT molecular complexity index is 1350. The molecule has 4 aromatic rings. The lowest BCUT2D eigenvalue weighted by Gasteiger charge is -2.26. The highest BCUT2D eigenvalue weighted by Crippen LogP contribution is 2.40. The third kappa shape index (κ3) is 4.26. The zero-order valence-electron chi connectivity index (χ0n) is 20.4. The molecule has 0 unspecified atom stereocenters. The van der Waals surface area contributed by atoms with Crippen molar-refractivity contribution in [3.63, 3.8) is 0 Å². The Balaban J connectivity index is 1.45. The molecule has 1 aliphatic rings. The average molecular weight is 470 g/mol. The van der Waals surface area contributed by atoms with Crippen LogP contribution in [0, 0.1) is 0 Å². The lowest BCUT2D eigenvalue weighted by Crippen LogP contribution is -2.45. The quantitative estimate of drug-likeness (QED) is 0.386. The summed E-state index contributed by atoms with van der Waals surface area (Å²) in [6.45, 7) is 3.23. The number of aromatic nitrogens is 1. The van der Waals surface area contributed by atoms with Crippen LogP contribution in [0.25, 0.3) is 10.9 Å². The summed E-state index contributed by atoms with van der Waals surface area (Å²) in [4.78, 5) is 18.7. The van der Waals surface area contributed by atoms with Gasteiger partial charge in [0.15, 0.2) is 11.5 Å². The summed E-state index contributed by atoms with van der Waals surface area (Å²) in [5, 5.41) is 4.68. The van der Waals surface area contributed by atoms with Crippen LogP contribution < -0.4 is 19.7 Å². The van der Waals surface area contributed by atoms with Gasteiger partial charge in [-0.2, -0.15) is 0 Å². The van der Waals surface area contributed by atoms with E-state index >= 15 is 0 Å². The summed E-state index contributed by atoms with van der Waals surface area (Å²) in [6.07, 6.45) is 2.95. The SMILES string of the molecule is COc1cccc([C@H](CN[C@H](C)C(=O)N2CCc3ccccc32)c2c[nH]c3ccccc23)c1OC. The van der Waals surface area contributed by atoms with Gasteiger partial charge in [-0.15, -0.1) is 0 Å². The number of ether oxygens (including phenoxy) is 2. The molecule has 1 amide bonds. The summed E-state index contributed by atoms with van der Waals surface area (Å²) in [6, 6.07) is 22.0. The molecule has 35 heavy (non-hydrogen) atoms. The first-order valence-electron chi connectivity index (χ1n) is 12.0. The van der Waals surface area contributed by atoms with Crippen LogP contribution >= 0.6 is 0 Å². The number of carbonyl (C=O) groups excluding carboxylic acids is 1. The summed E-state index contributed by atoms with van der Waals surface area (Å²) < 4.78 is 11.4. The molecule has 1 aliphatic heterocycles. The monoisotopic (exact) mass is 469 g/mol. The fourth-order valence-corrected chi connectivity index (χ4v) is 5.14. The number of para-hydroxylation sites is 3. The molecule has 6 nitrogen and oxygen atoms in total. The van der Waals surface area contributed by atoms with Crippen LogP contribution in [0.15, 0.2) is 72.9 Å². The van der Waals surface area contributed by atoms with Gasteiger partial charge >= 0.3 is 0 Å². The van der Waals surface area contributed by atoms with Crippen molar-refractivity contribution in [3.05, 3.63) is 89.6 Å². The third-order valence-electron chi connectivity index (χ3n) is 6.96. The number of rotatable bonds is 8. The van der Waals surface area contributed by atoms with E-state index in [4.69, 9.17) is 9.47 Å². The lowest BCUT2D eigenvalue weighted by molar-refractivity contribution is -0.120. The molecule has 2 heterocycles. The predicted molar refractivity (Wildman–Crippen MR) is 140 cm³/mol. The van der Waals surface area contributed by atoms with Crippen molar-refractivity contribution in [2.75, 3.05) is 32.2 Å². The second-order valence-corrected chi connectivity index (χ2v) is 8.92. The van der Waals surface area contributed by atoms with Crippen molar-refractivity contribution < 1.29 is 14.3 Å². The number of carbonyl (C=O) groups is 1.